The smallest absolute Gasteiger partial charge is 0.336 e. The minimum Gasteiger partial charge on any atom is -0.478 e. The van der Waals surface area contributed by atoms with Gasteiger partial charge in [0.2, 0.25) is 10.0 Å². The van der Waals surface area contributed by atoms with Crippen molar-refractivity contribution >= 4 is 32.7 Å². The number of carboxylic acids is 1. The standard InChI is InChI=1S/C13H15N3O4S/c1-21(19,20)15-8-7-14-12-6-5-9-10(13(17)18)3-2-4-11(9)16-12/h2-6,15H,7-8H2,1H3,(H,14,16)(H,17,18). The van der Waals surface area contributed by atoms with E-state index in [0.717, 1.165) is 6.26 Å². The van der Waals surface area contributed by atoms with Crippen molar-refractivity contribution in [2.24, 2.45) is 0 Å². The van der Waals surface area contributed by atoms with Gasteiger partial charge in [-0.3, -0.25) is 0 Å². The number of carboxylic acid groups (broad SMARTS) is 1. The fraction of sp³-hybridized carbons (Fsp3) is 0.231. The first-order chi connectivity index (χ1) is 9.87. The van der Waals surface area contributed by atoms with Crippen LogP contribution in [0, 0.1) is 0 Å². The summed E-state index contributed by atoms with van der Waals surface area (Å²) in [6.07, 6.45) is 1.09. The zero-order valence-electron chi connectivity index (χ0n) is 11.3. The maximum atomic E-state index is 11.1. The number of pyridine rings is 1. The summed E-state index contributed by atoms with van der Waals surface area (Å²) in [6.45, 7) is 0.623. The van der Waals surface area contributed by atoms with Gasteiger partial charge in [0.15, 0.2) is 0 Å². The summed E-state index contributed by atoms with van der Waals surface area (Å²) in [5.74, 6) is -0.444. The van der Waals surface area contributed by atoms with E-state index in [1.165, 1.54) is 6.07 Å². The van der Waals surface area contributed by atoms with Gasteiger partial charge in [-0.1, -0.05) is 6.07 Å². The Hall–Kier alpha value is -2.19. The number of hydrogen-bond donors (Lipinski definition) is 3. The number of benzene rings is 1. The summed E-state index contributed by atoms with van der Waals surface area (Å²) in [4.78, 5) is 15.4. The van der Waals surface area contributed by atoms with E-state index >= 15 is 0 Å². The minimum atomic E-state index is -3.20. The van der Waals surface area contributed by atoms with Crippen molar-refractivity contribution in [2.75, 3.05) is 24.7 Å². The van der Waals surface area contributed by atoms with E-state index < -0.39 is 16.0 Å². The number of aromatic nitrogens is 1. The van der Waals surface area contributed by atoms with Crippen LogP contribution in [0.15, 0.2) is 30.3 Å². The van der Waals surface area contributed by atoms with Crippen LogP contribution in [0.4, 0.5) is 5.82 Å². The average molecular weight is 309 g/mol. The third-order valence-corrected chi connectivity index (χ3v) is 3.49. The molecule has 0 saturated carbocycles. The van der Waals surface area contributed by atoms with Crippen LogP contribution in [0.1, 0.15) is 10.4 Å². The first-order valence-electron chi connectivity index (χ1n) is 6.18. The molecule has 7 nitrogen and oxygen atoms in total. The zero-order valence-corrected chi connectivity index (χ0v) is 12.1. The Morgan fingerprint density at radius 2 is 2.00 bits per heavy atom. The number of carbonyl (C=O) groups is 1. The molecule has 8 heteroatoms. The molecule has 3 N–H and O–H groups in total. The number of nitrogens with one attached hydrogen (secondary N) is 2. The molecule has 0 aliphatic heterocycles. The number of rotatable bonds is 6. The fourth-order valence-electron chi connectivity index (χ4n) is 1.87. The molecule has 0 aliphatic rings. The van der Waals surface area contributed by atoms with Crippen LogP contribution in [0.25, 0.3) is 10.9 Å². The molecule has 0 unspecified atom stereocenters. The highest BCUT2D eigenvalue weighted by atomic mass is 32.2. The lowest BCUT2D eigenvalue weighted by molar-refractivity contribution is 0.0699. The van der Waals surface area contributed by atoms with Crippen molar-refractivity contribution in [1.29, 1.82) is 0 Å². The van der Waals surface area contributed by atoms with Crippen molar-refractivity contribution in [2.45, 2.75) is 0 Å². The SMILES string of the molecule is CS(=O)(=O)NCCNc1ccc2c(C(=O)O)cccc2n1. The van der Waals surface area contributed by atoms with Crippen molar-refractivity contribution < 1.29 is 18.3 Å². The van der Waals surface area contributed by atoms with Crippen molar-refractivity contribution in [3.05, 3.63) is 35.9 Å². The van der Waals surface area contributed by atoms with Crippen molar-refractivity contribution in [1.82, 2.24) is 9.71 Å². The molecule has 112 valence electrons. The van der Waals surface area contributed by atoms with Gasteiger partial charge in [-0.25, -0.2) is 22.9 Å². The minimum absolute atomic E-state index is 0.199. The van der Waals surface area contributed by atoms with E-state index in [4.69, 9.17) is 5.11 Å². The van der Waals surface area contributed by atoms with E-state index in [-0.39, 0.29) is 12.1 Å². The van der Waals surface area contributed by atoms with Gasteiger partial charge in [0.1, 0.15) is 5.82 Å². The Bertz CT molecular complexity index is 774. The second-order valence-electron chi connectivity index (χ2n) is 4.47. The number of anilines is 1. The molecule has 0 atom stereocenters. The van der Waals surface area contributed by atoms with Crippen LogP contribution in [-0.4, -0.2) is 43.8 Å². The third kappa shape index (κ3) is 4.14. The topological polar surface area (TPSA) is 108 Å². The average Bonchev–Trinajstić information content (AvgIpc) is 2.41. The summed E-state index contributed by atoms with van der Waals surface area (Å²) < 4.78 is 24.2. The molecule has 0 saturated heterocycles. The van der Waals surface area contributed by atoms with Crippen molar-refractivity contribution in [3.63, 3.8) is 0 Å². The van der Waals surface area contributed by atoms with E-state index in [2.05, 4.69) is 15.0 Å². The highest BCUT2D eigenvalue weighted by Gasteiger charge is 2.09. The van der Waals surface area contributed by atoms with Crippen LogP contribution in [0.3, 0.4) is 0 Å². The highest BCUT2D eigenvalue weighted by Crippen LogP contribution is 2.19. The first kappa shape index (κ1) is 15.2. The number of hydrogen-bond acceptors (Lipinski definition) is 5. The second-order valence-corrected chi connectivity index (χ2v) is 6.30. The molecular formula is C13H15N3O4S. The Labute approximate surface area is 122 Å². The maximum absolute atomic E-state index is 11.1. The summed E-state index contributed by atoms with van der Waals surface area (Å²) in [7, 11) is -3.20. The Balaban J connectivity index is 2.11. The molecule has 2 rings (SSSR count). The lowest BCUT2D eigenvalue weighted by Crippen LogP contribution is -2.27. The van der Waals surface area contributed by atoms with Gasteiger partial charge in [0, 0.05) is 18.5 Å². The van der Waals surface area contributed by atoms with E-state index in [1.54, 1.807) is 24.3 Å². The van der Waals surface area contributed by atoms with Gasteiger partial charge in [-0.2, -0.15) is 0 Å². The predicted octanol–water partition coefficient (Wildman–Crippen LogP) is 0.894. The van der Waals surface area contributed by atoms with Crippen LogP contribution in [-0.2, 0) is 10.0 Å². The molecular weight excluding hydrogens is 294 g/mol. The molecule has 0 fully saturated rings. The van der Waals surface area contributed by atoms with Crippen LogP contribution >= 0.6 is 0 Å². The molecule has 0 amide bonds. The lowest BCUT2D eigenvalue weighted by atomic mass is 10.1. The second kappa shape index (κ2) is 6.06. The Morgan fingerprint density at radius 3 is 2.67 bits per heavy atom. The van der Waals surface area contributed by atoms with Crippen molar-refractivity contribution in [3.8, 4) is 0 Å². The van der Waals surface area contributed by atoms with Gasteiger partial charge in [-0.05, 0) is 24.3 Å². The Kier molecular flexibility index (Phi) is 4.39. The molecule has 0 bridgehead atoms. The van der Waals surface area contributed by atoms with Crippen LogP contribution in [0.5, 0.6) is 0 Å². The molecule has 0 radical (unpaired) electrons. The molecule has 1 aromatic carbocycles. The van der Waals surface area contributed by atoms with E-state index in [9.17, 15) is 13.2 Å². The monoisotopic (exact) mass is 309 g/mol. The van der Waals surface area contributed by atoms with Crippen LogP contribution in [0.2, 0.25) is 0 Å². The molecule has 2 aromatic rings. The molecule has 1 aromatic heterocycles. The molecule has 21 heavy (non-hydrogen) atoms. The third-order valence-electron chi connectivity index (χ3n) is 2.76. The predicted molar refractivity (Wildman–Crippen MR) is 80.0 cm³/mol. The molecule has 1 heterocycles. The van der Waals surface area contributed by atoms with E-state index in [1.807, 2.05) is 0 Å². The first-order valence-corrected chi connectivity index (χ1v) is 8.07. The summed E-state index contributed by atoms with van der Waals surface area (Å²) in [6, 6.07) is 8.22. The zero-order chi connectivity index (χ0) is 15.5. The largest absolute Gasteiger partial charge is 0.478 e. The van der Waals surface area contributed by atoms with Gasteiger partial charge in [-0.15, -0.1) is 0 Å². The maximum Gasteiger partial charge on any atom is 0.336 e. The van der Waals surface area contributed by atoms with E-state index in [0.29, 0.717) is 23.3 Å². The quantitative estimate of drug-likeness (QED) is 0.684. The molecule has 0 aliphatic carbocycles. The molecule has 0 spiro atoms. The summed E-state index contributed by atoms with van der Waals surface area (Å²) in [5, 5.41) is 12.6. The normalized spacial score (nSPS) is 11.5. The summed E-state index contributed by atoms with van der Waals surface area (Å²) in [5.41, 5.74) is 0.765. The highest BCUT2D eigenvalue weighted by molar-refractivity contribution is 7.88. The number of nitrogens with zero attached hydrogens (tertiary/aromatic N) is 1. The van der Waals surface area contributed by atoms with Gasteiger partial charge in [0.05, 0.1) is 17.3 Å². The number of fused-ring (bicyclic) bond motifs is 1. The number of sulfonamides is 1. The van der Waals surface area contributed by atoms with Crippen LogP contribution < -0.4 is 10.0 Å². The fourth-order valence-corrected chi connectivity index (χ4v) is 2.34. The Morgan fingerprint density at radius 1 is 1.24 bits per heavy atom. The lowest BCUT2D eigenvalue weighted by Gasteiger charge is -2.08. The van der Waals surface area contributed by atoms with Gasteiger partial charge in [0.25, 0.3) is 0 Å². The van der Waals surface area contributed by atoms with Gasteiger partial charge < -0.3 is 10.4 Å². The number of aromatic carboxylic acids is 1. The van der Waals surface area contributed by atoms with Gasteiger partial charge >= 0.3 is 5.97 Å². The summed E-state index contributed by atoms with van der Waals surface area (Å²) >= 11 is 0.